The minimum absolute atomic E-state index is 0.0963. The summed E-state index contributed by atoms with van der Waals surface area (Å²) in [6.07, 6.45) is 2.11. The van der Waals surface area contributed by atoms with Gasteiger partial charge in [0.1, 0.15) is 0 Å². The van der Waals surface area contributed by atoms with Crippen molar-refractivity contribution in [2.24, 2.45) is 0 Å². The zero-order valence-corrected chi connectivity index (χ0v) is 14.4. The molecule has 1 aliphatic carbocycles. The van der Waals surface area contributed by atoms with E-state index in [1.807, 2.05) is 7.05 Å². The van der Waals surface area contributed by atoms with Gasteiger partial charge in [0.25, 0.3) is 0 Å². The molecule has 0 fully saturated rings. The molecule has 23 heavy (non-hydrogen) atoms. The molecule has 1 N–H and O–H groups in total. The van der Waals surface area contributed by atoms with Crippen LogP contribution in [0.4, 0.5) is 5.69 Å². The van der Waals surface area contributed by atoms with E-state index in [0.29, 0.717) is 22.3 Å². The van der Waals surface area contributed by atoms with Crippen LogP contribution in [0.1, 0.15) is 23.6 Å². The Morgan fingerprint density at radius 2 is 2.04 bits per heavy atom. The van der Waals surface area contributed by atoms with E-state index in [4.69, 9.17) is 23.2 Å². The van der Waals surface area contributed by atoms with Gasteiger partial charge in [-0.1, -0.05) is 47.5 Å². The highest BCUT2D eigenvalue weighted by Crippen LogP contribution is 2.34. The zero-order valence-electron chi connectivity index (χ0n) is 12.9. The first kappa shape index (κ1) is 16.3. The molecule has 1 amide bonds. The number of carbonyl (C=O) groups excluding carboxylic acids is 1. The smallest absolute Gasteiger partial charge is 0.238 e. The van der Waals surface area contributed by atoms with Crippen molar-refractivity contribution in [1.29, 1.82) is 0 Å². The van der Waals surface area contributed by atoms with Gasteiger partial charge in [-0.05, 0) is 49.2 Å². The molecular weight excluding hydrogens is 331 g/mol. The van der Waals surface area contributed by atoms with E-state index in [9.17, 15) is 4.79 Å². The average Bonchev–Trinajstić information content (AvgIpc) is 2.95. The predicted octanol–water partition coefficient (Wildman–Crippen LogP) is 4.55. The third-order valence-corrected chi connectivity index (χ3v) is 4.79. The number of nitrogens with zero attached hydrogens (tertiary/aromatic N) is 1. The second-order valence-corrected chi connectivity index (χ2v) is 6.68. The van der Waals surface area contributed by atoms with Gasteiger partial charge >= 0.3 is 0 Å². The minimum Gasteiger partial charge on any atom is -0.324 e. The van der Waals surface area contributed by atoms with Crippen LogP contribution in [0.5, 0.6) is 0 Å². The van der Waals surface area contributed by atoms with Crippen LogP contribution < -0.4 is 5.32 Å². The Morgan fingerprint density at radius 1 is 1.26 bits per heavy atom. The first-order chi connectivity index (χ1) is 11.0. The Balaban J connectivity index is 1.65. The summed E-state index contributed by atoms with van der Waals surface area (Å²) < 4.78 is 0. The van der Waals surface area contributed by atoms with Gasteiger partial charge in [0, 0.05) is 11.1 Å². The monoisotopic (exact) mass is 348 g/mol. The molecule has 3 nitrogen and oxygen atoms in total. The van der Waals surface area contributed by atoms with Crippen LogP contribution in [-0.2, 0) is 11.2 Å². The van der Waals surface area contributed by atoms with Gasteiger partial charge in [-0.2, -0.15) is 0 Å². The van der Waals surface area contributed by atoms with Crippen LogP contribution >= 0.6 is 23.2 Å². The molecule has 0 aromatic heterocycles. The van der Waals surface area contributed by atoms with Crippen LogP contribution in [0.25, 0.3) is 0 Å². The molecule has 1 atom stereocenters. The topological polar surface area (TPSA) is 32.3 Å². The van der Waals surface area contributed by atoms with Crippen LogP contribution in [0.3, 0.4) is 0 Å². The molecule has 0 bridgehead atoms. The second kappa shape index (κ2) is 6.91. The van der Waals surface area contributed by atoms with Crippen molar-refractivity contribution >= 4 is 34.8 Å². The van der Waals surface area contributed by atoms with Gasteiger partial charge in [-0.25, -0.2) is 0 Å². The SMILES string of the molecule is CN(CC(=O)Nc1cc(Cl)ccc1Cl)[C@H]1CCc2ccccc21. The maximum absolute atomic E-state index is 12.3. The molecule has 120 valence electrons. The molecule has 5 heteroatoms. The quantitative estimate of drug-likeness (QED) is 0.878. The van der Waals surface area contributed by atoms with Crippen molar-refractivity contribution in [3.63, 3.8) is 0 Å². The molecular formula is C18H18Cl2N2O. The molecule has 0 saturated heterocycles. The van der Waals surface area contributed by atoms with Crippen molar-refractivity contribution < 1.29 is 4.79 Å². The number of nitrogens with one attached hydrogen (secondary N) is 1. The first-order valence-electron chi connectivity index (χ1n) is 7.57. The van der Waals surface area contributed by atoms with Crippen LogP contribution in [0, 0.1) is 0 Å². The third-order valence-electron chi connectivity index (χ3n) is 4.23. The van der Waals surface area contributed by atoms with Gasteiger partial charge in [-0.15, -0.1) is 0 Å². The van der Waals surface area contributed by atoms with Gasteiger partial charge < -0.3 is 5.32 Å². The fraction of sp³-hybridized carbons (Fsp3) is 0.278. The summed E-state index contributed by atoms with van der Waals surface area (Å²) in [6, 6.07) is 13.7. The molecule has 0 heterocycles. The highest BCUT2D eigenvalue weighted by molar-refractivity contribution is 6.35. The molecule has 0 unspecified atom stereocenters. The summed E-state index contributed by atoms with van der Waals surface area (Å²) in [5.41, 5.74) is 3.25. The second-order valence-electron chi connectivity index (χ2n) is 5.84. The third kappa shape index (κ3) is 3.69. The lowest BCUT2D eigenvalue weighted by molar-refractivity contribution is -0.117. The Morgan fingerprint density at radius 3 is 2.87 bits per heavy atom. The van der Waals surface area contributed by atoms with E-state index in [-0.39, 0.29) is 11.9 Å². The normalized spacial score (nSPS) is 16.4. The Labute approximate surface area is 146 Å². The summed E-state index contributed by atoms with van der Waals surface area (Å²) in [6.45, 7) is 0.307. The van der Waals surface area contributed by atoms with E-state index in [1.165, 1.54) is 11.1 Å². The number of aryl methyl sites for hydroxylation is 1. The van der Waals surface area contributed by atoms with Crippen LogP contribution in [0.2, 0.25) is 10.0 Å². The Kier molecular flexibility index (Phi) is 4.90. The lowest BCUT2D eigenvalue weighted by atomic mass is 10.1. The number of anilines is 1. The zero-order chi connectivity index (χ0) is 16.4. The largest absolute Gasteiger partial charge is 0.324 e. The number of benzene rings is 2. The summed E-state index contributed by atoms with van der Waals surface area (Å²) in [5, 5.41) is 3.86. The van der Waals surface area contributed by atoms with Gasteiger partial charge in [0.2, 0.25) is 5.91 Å². The molecule has 2 aromatic rings. The summed E-state index contributed by atoms with van der Waals surface area (Å²) in [7, 11) is 1.98. The lowest BCUT2D eigenvalue weighted by Crippen LogP contribution is -2.32. The highest BCUT2D eigenvalue weighted by Gasteiger charge is 2.26. The number of hydrogen-bond donors (Lipinski definition) is 1. The van der Waals surface area contributed by atoms with Crippen molar-refractivity contribution in [2.75, 3.05) is 18.9 Å². The predicted molar refractivity (Wildman–Crippen MR) is 95.2 cm³/mol. The van der Waals surface area contributed by atoms with E-state index in [2.05, 4.69) is 34.5 Å². The fourth-order valence-corrected chi connectivity index (χ4v) is 3.45. The molecule has 0 saturated carbocycles. The molecule has 2 aromatic carbocycles. The van der Waals surface area contributed by atoms with Crippen molar-refractivity contribution in [3.05, 3.63) is 63.6 Å². The number of hydrogen-bond acceptors (Lipinski definition) is 2. The average molecular weight is 349 g/mol. The van der Waals surface area contributed by atoms with Crippen molar-refractivity contribution in [3.8, 4) is 0 Å². The number of rotatable bonds is 4. The van der Waals surface area contributed by atoms with Crippen LogP contribution in [0.15, 0.2) is 42.5 Å². The summed E-state index contributed by atoms with van der Waals surface area (Å²) in [5.74, 6) is -0.0963. The van der Waals surface area contributed by atoms with E-state index < -0.39 is 0 Å². The summed E-state index contributed by atoms with van der Waals surface area (Å²) in [4.78, 5) is 14.4. The first-order valence-corrected chi connectivity index (χ1v) is 8.33. The number of fused-ring (bicyclic) bond motifs is 1. The number of amides is 1. The summed E-state index contributed by atoms with van der Waals surface area (Å²) >= 11 is 12.0. The number of carbonyl (C=O) groups is 1. The molecule has 0 aliphatic heterocycles. The van der Waals surface area contributed by atoms with Gasteiger partial charge in [0.05, 0.1) is 17.3 Å². The van der Waals surface area contributed by atoms with Gasteiger partial charge in [0.15, 0.2) is 0 Å². The van der Waals surface area contributed by atoms with Crippen molar-refractivity contribution in [2.45, 2.75) is 18.9 Å². The lowest BCUT2D eigenvalue weighted by Gasteiger charge is -2.24. The fourth-order valence-electron chi connectivity index (χ4n) is 3.11. The molecule has 3 rings (SSSR count). The minimum atomic E-state index is -0.0963. The highest BCUT2D eigenvalue weighted by atomic mass is 35.5. The Bertz CT molecular complexity index is 733. The maximum Gasteiger partial charge on any atom is 0.238 e. The van der Waals surface area contributed by atoms with Gasteiger partial charge in [-0.3, -0.25) is 9.69 Å². The Hall–Kier alpha value is -1.55. The molecule has 0 radical (unpaired) electrons. The number of halogens is 2. The van der Waals surface area contributed by atoms with E-state index in [1.54, 1.807) is 18.2 Å². The van der Waals surface area contributed by atoms with E-state index >= 15 is 0 Å². The van der Waals surface area contributed by atoms with E-state index in [0.717, 1.165) is 12.8 Å². The van der Waals surface area contributed by atoms with Crippen LogP contribution in [-0.4, -0.2) is 24.4 Å². The molecule has 0 spiro atoms. The number of likely N-dealkylation sites (N-methyl/N-ethyl adjacent to an activating group) is 1. The van der Waals surface area contributed by atoms with Crippen molar-refractivity contribution in [1.82, 2.24) is 4.90 Å². The molecule has 1 aliphatic rings. The maximum atomic E-state index is 12.3. The standard InChI is InChI=1S/C18H18Cl2N2O/c1-22(17-9-6-12-4-2-3-5-14(12)17)11-18(23)21-16-10-13(19)7-8-15(16)20/h2-5,7-8,10,17H,6,9,11H2,1H3,(H,21,23)/t17-/m0/s1.